The molecule has 0 aliphatic heterocycles. The van der Waals surface area contributed by atoms with Gasteiger partial charge in [0, 0.05) is 6.54 Å². The molecule has 0 radical (unpaired) electrons. The van der Waals surface area contributed by atoms with Crippen molar-refractivity contribution in [3.8, 4) is 0 Å². The molecule has 2 saturated carbocycles. The smallest absolute Gasteiger partial charge is 0.233 e. The second kappa shape index (κ2) is 6.67. The monoisotopic (exact) mass is 295 g/mol. The molecule has 0 unspecified atom stereocenters. The van der Waals surface area contributed by atoms with Crippen molar-refractivity contribution < 1.29 is 10.0 Å². The van der Waals surface area contributed by atoms with Crippen molar-refractivity contribution in [3.63, 3.8) is 0 Å². The predicted octanol–water partition coefficient (Wildman–Crippen LogP) is 2.77. The van der Waals surface area contributed by atoms with Crippen molar-refractivity contribution in [2.24, 2.45) is 21.7 Å². The zero-order valence-corrected chi connectivity index (χ0v) is 13.2. The van der Waals surface area contributed by atoms with Crippen molar-refractivity contribution in [1.82, 2.24) is 5.32 Å². The summed E-state index contributed by atoms with van der Waals surface area (Å²) in [4.78, 5) is 12.8. The van der Waals surface area contributed by atoms with E-state index >= 15 is 0 Å². The van der Waals surface area contributed by atoms with Gasteiger partial charge in [-0.2, -0.15) is 0 Å². The van der Waals surface area contributed by atoms with Crippen LogP contribution in [0.25, 0.3) is 0 Å². The van der Waals surface area contributed by atoms with Gasteiger partial charge in [-0.05, 0) is 31.1 Å². The molecule has 0 spiro atoms. The van der Waals surface area contributed by atoms with E-state index in [-0.39, 0.29) is 17.2 Å². The third-order valence-corrected chi connectivity index (χ3v) is 5.48. The number of amides is 1. The van der Waals surface area contributed by atoms with Gasteiger partial charge in [-0.1, -0.05) is 50.6 Å². The lowest BCUT2D eigenvalue weighted by molar-refractivity contribution is -0.128. The number of hydrogen-bond acceptors (Lipinski definition) is 3. The number of nitrogens with zero attached hydrogens (tertiary/aromatic N) is 1. The van der Waals surface area contributed by atoms with E-state index < -0.39 is 5.41 Å². The first-order chi connectivity index (χ1) is 10.0. The third kappa shape index (κ3) is 3.50. The Morgan fingerprint density at radius 1 is 1.10 bits per heavy atom. The Labute approximate surface area is 127 Å². The Morgan fingerprint density at radius 2 is 1.62 bits per heavy atom. The van der Waals surface area contributed by atoms with Gasteiger partial charge in [-0.3, -0.25) is 4.79 Å². The quantitative estimate of drug-likeness (QED) is 0.245. The first-order valence-electron chi connectivity index (χ1n) is 8.29. The topological polar surface area (TPSA) is 87.7 Å². The summed E-state index contributed by atoms with van der Waals surface area (Å²) in [6, 6.07) is 0. The fourth-order valence-electron chi connectivity index (χ4n) is 3.90. The molecule has 5 nitrogen and oxygen atoms in total. The van der Waals surface area contributed by atoms with E-state index in [9.17, 15) is 4.79 Å². The summed E-state index contributed by atoms with van der Waals surface area (Å²) < 4.78 is 0. The molecule has 0 aromatic heterocycles. The molecular formula is C16H29N3O2. The van der Waals surface area contributed by atoms with Gasteiger partial charge in [0.2, 0.25) is 5.91 Å². The standard InChI is InChI=1S/C16H29N3O2/c1-15(8-6-7-9-15)12-18-14(20)16(13(17)19-21)10-4-2-3-5-11-16/h21H,2-12H2,1H3,(H2,17,19)(H,18,20). The minimum absolute atomic E-state index is 0.0483. The Bertz CT molecular complexity index is 392. The van der Waals surface area contributed by atoms with Crippen LogP contribution in [0.2, 0.25) is 0 Å². The van der Waals surface area contributed by atoms with Gasteiger partial charge < -0.3 is 16.3 Å². The lowest BCUT2D eigenvalue weighted by Gasteiger charge is -2.32. The number of hydrogen-bond donors (Lipinski definition) is 3. The van der Waals surface area contributed by atoms with Crippen LogP contribution in [0.4, 0.5) is 0 Å². The van der Waals surface area contributed by atoms with E-state index in [1.165, 1.54) is 25.7 Å². The maximum atomic E-state index is 12.8. The molecule has 0 atom stereocenters. The number of carbonyl (C=O) groups is 1. The van der Waals surface area contributed by atoms with E-state index in [4.69, 9.17) is 10.9 Å². The highest BCUT2D eigenvalue weighted by molar-refractivity contribution is 6.06. The molecule has 2 aliphatic carbocycles. The van der Waals surface area contributed by atoms with Gasteiger partial charge in [0.05, 0.1) is 0 Å². The van der Waals surface area contributed by atoms with E-state index in [0.29, 0.717) is 19.4 Å². The van der Waals surface area contributed by atoms with Crippen LogP contribution in [0.1, 0.15) is 71.1 Å². The minimum atomic E-state index is -0.805. The van der Waals surface area contributed by atoms with Crippen molar-refractivity contribution in [2.45, 2.75) is 71.1 Å². The summed E-state index contributed by atoms with van der Waals surface area (Å²) in [5.74, 6) is 0.0336. The maximum Gasteiger partial charge on any atom is 0.233 e. The second-order valence-electron chi connectivity index (χ2n) is 7.18. The van der Waals surface area contributed by atoms with E-state index in [2.05, 4.69) is 17.4 Å². The fraction of sp³-hybridized carbons (Fsp3) is 0.875. The molecule has 5 heteroatoms. The largest absolute Gasteiger partial charge is 0.409 e. The zero-order chi connectivity index (χ0) is 15.3. The summed E-state index contributed by atoms with van der Waals surface area (Å²) in [5, 5.41) is 15.4. The molecule has 2 rings (SSSR count). The van der Waals surface area contributed by atoms with Gasteiger partial charge >= 0.3 is 0 Å². The Hall–Kier alpha value is -1.26. The molecule has 0 aromatic carbocycles. The molecule has 0 heterocycles. The number of rotatable bonds is 4. The van der Waals surface area contributed by atoms with E-state index in [1.54, 1.807) is 0 Å². The van der Waals surface area contributed by atoms with Crippen LogP contribution >= 0.6 is 0 Å². The molecule has 0 saturated heterocycles. The van der Waals surface area contributed by atoms with Gasteiger partial charge in [0.25, 0.3) is 0 Å². The molecule has 0 aromatic rings. The Morgan fingerprint density at radius 3 is 2.14 bits per heavy atom. The average Bonchev–Trinajstić information content (AvgIpc) is 2.77. The second-order valence-corrected chi connectivity index (χ2v) is 7.18. The van der Waals surface area contributed by atoms with Crippen LogP contribution in [0.5, 0.6) is 0 Å². The molecule has 2 fully saturated rings. The van der Waals surface area contributed by atoms with Gasteiger partial charge in [-0.25, -0.2) is 0 Å². The summed E-state index contributed by atoms with van der Waals surface area (Å²) >= 11 is 0. The summed E-state index contributed by atoms with van der Waals surface area (Å²) in [6.45, 7) is 2.94. The van der Waals surface area contributed by atoms with Crippen LogP contribution in [0.15, 0.2) is 5.16 Å². The maximum absolute atomic E-state index is 12.8. The van der Waals surface area contributed by atoms with Gasteiger partial charge in [-0.15, -0.1) is 0 Å². The Balaban J connectivity index is 2.07. The number of oxime groups is 1. The molecule has 4 N–H and O–H groups in total. The molecule has 1 amide bonds. The van der Waals surface area contributed by atoms with Crippen LogP contribution in [-0.2, 0) is 4.79 Å². The van der Waals surface area contributed by atoms with Crippen LogP contribution in [0.3, 0.4) is 0 Å². The lowest BCUT2D eigenvalue weighted by Crippen LogP contribution is -2.51. The van der Waals surface area contributed by atoms with Crippen LogP contribution in [0, 0.1) is 10.8 Å². The fourth-order valence-corrected chi connectivity index (χ4v) is 3.90. The first-order valence-corrected chi connectivity index (χ1v) is 8.29. The highest BCUT2D eigenvalue weighted by atomic mass is 16.4. The minimum Gasteiger partial charge on any atom is -0.409 e. The molecule has 21 heavy (non-hydrogen) atoms. The number of nitrogens with one attached hydrogen (secondary N) is 1. The van der Waals surface area contributed by atoms with Crippen molar-refractivity contribution in [3.05, 3.63) is 0 Å². The predicted molar refractivity (Wildman–Crippen MR) is 83.1 cm³/mol. The summed E-state index contributed by atoms with van der Waals surface area (Å²) in [7, 11) is 0. The average molecular weight is 295 g/mol. The van der Waals surface area contributed by atoms with E-state index in [0.717, 1.165) is 25.7 Å². The number of carbonyl (C=O) groups excluding carboxylic acids is 1. The van der Waals surface area contributed by atoms with Crippen molar-refractivity contribution in [2.75, 3.05) is 6.54 Å². The summed E-state index contributed by atoms with van der Waals surface area (Å²) in [6.07, 6.45) is 10.4. The van der Waals surface area contributed by atoms with E-state index in [1.807, 2.05) is 0 Å². The molecular weight excluding hydrogens is 266 g/mol. The normalized spacial score (nSPS) is 25.3. The van der Waals surface area contributed by atoms with Crippen molar-refractivity contribution in [1.29, 1.82) is 0 Å². The zero-order valence-electron chi connectivity index (χ0n) is 13.2. The SMILES string of the molecule is CC1(CNC(=O)C2(C(N)=NO)CCCCCC2)CCCC1. The van der Waals surface area contributed by atoms with Crippen LogP contribution < -0.4 is 11.1 Å². The number of amidine groups is 1. The van der Waals surface area contributed by atoms with Gasteiger partial charge in [0.15, 0.2) is 5.84 Å². The number of nitrogens with two attached hydrogens (primary N) is 1. The van der Waals surface area contributed by atoms with Crippen LogP contribution in [-0.4, -0.2) is 23.5 Å². The molecule has 0 bridgehead atoms. The Kier molecular flexibility index (Phi) is 5.12. The molecule has 2 aliphatic rings. The highest BCUT2D eigenvalue weighted by Crippen LogP contribution is 2.38. The first kappa shape index (κ1) is 16.1. The third-order valence-electron chi connectivity index (χ3n) is 5.48. The van der Waals surface area contributed by atoms with Gasteiger partial charge in [0.1, 0.15) is 5.41 Å². The lowest BCUT2D eigenvalue weighted by atomic mass is 9.77. The summed E-state index contributed by atoms with van der Waals surface area (Å²) in [5.41, 5.74) is 5.32. The molecule has 120 valence electrons. The van der Waals surface area contributed by atoms with Crippen molar-refractivity contribution >= 4 is 11.7 Å². The highest BCUT2D eigenvalue weighted by Gasteiger charge is 2.43.